The highest BCUT2D eigenvalue weighted by Gasteiger charge is 2.12. The summed E-state index contributed by atoms with van der Waals surface area (Å²) in [5.41, 5.74) is 2.66. The molecule has 0 amide bonds. The second kappa shape index (κ2) is 4.21. The summed E-state index contributed by atoms with van der Waals surface area (Å²) in [4.78, 5) is 4.31. The van der Waals surface area contributed by atoms with E-state index in [9.17, 15) is 4.39 Å². The van der Waals surface area contributed by atoms with Gasteiger partial charge in [0.15, 0.2) is 11.4 Å². The summed E-state index contributed by atoms with van der Waals surface area (Å²) in [6.45, 7) is 1.99. The van der Waals surface area contributed by atoms with Gasteiger partial charge in [0, 0.05) is 10.0 Å². The van der Waals surface area contributed by atoms with Crippen LogP contribution in [0, 0.1) is 12.7 Å². The molecule has 3 aromatic rings. The lowest BCUT2D eigenvalue weighted by Crippen LogP contribution is -1.78. The molecule has 1 heterocycles. The van der Waals surface area contributed by atoms with E-state index in [1.54, 1.807) is 6.07 Å². The van der Waals surface area contributed by atoms with Crippen molar-refractivity contribution in [3.8, 4) is 11.5 Å². The van der Waals surface area contributed by atoms with Gasteiger partial charge in [-0.25, -0.2) is 9.37 Å². The molecule has 0 N–H and O–H groups in total. The Bertz CT molecular complexity index is 736. The van der Waals surface area contributed by atoms with E-state index in [2.05, 4.69) is 20.9 Å². The molecular formula is C14H9BrFNO. The molecule has 0 aliphatic carbocycles. The molecule has 90 valence electrons. The van der Waals surface area contributed by atoms with E-state index >= 15 is 0 Å². The van der Waals surface area contributed by atoms with Gasteiger partial charge >= 0.3 is 0 Å². The van der Waals surface area contributed by atoms with Crippen LogP contribution in [0.4, 0.5) is 4.39 Å². The summed E-state index contributed by atoms with van der Waals surface area (Å²) >= 11 is 3.24. The van der Waals surface area contributed by atoms with E-state index in [0.717, 1.165) is 11.1 Å². The number of halogens is 2. The molecule has 0 fully saturated rings. The first-order valence-electron chi connectivity index (χ1n) is 5.46. The van der Waals surface area contributed by atoms with E-state index in [0.29, 0.717) is 15.9 Å². The lowest BCUT2D eigenvalue weighted by Gasteiger charge is -1.96. The number of fused-ring (bicyclic) bond motifs is 1. The second-order valence-corrected chi connectivity index (χ2v) is 5.04. The van der Waals surface area contributed by atoms with E-state index in [1.807, 2.05) is 31.2 Å². The molecule has 0 saturated heterocycles. The highest BCUT2D eigenvalue weighted by Crippen LogP contribution is 2.28. The molecule has 0 bridgehead atoms. The molecule has 0 aliphatic heterocycles. The minimum absolute atomic E-state index is 0.190. The average molecular weight is 306 g/mol. The maximum atomic E-state index is 13.7. The Kier molecular flexibility index (Phi) is 2.67. The average Bonchev–Trinajstić information content (AvgIpc) is 2.73. The first-order chi connectivity index (χ1) is 8.63. The van der Waals surface area contributed by atoms with Gasteiger partial charge in [-0.15, -0.1) is 0 Å². The van der Waals surface area contributed by atoms with Crippen LogP contribution in [0.3, 0.4) is 0 Å². The van der Waals surface area contributed by atoms with Crippen LogP contribution in [0.5, 0.6) is 0 Å². The smallest absolute Gasteiger partial charge is 0.227 e. The summed E-state index contributed by atoms with van der Waals surface area (Å²) in [7, 11) is 0. The fourth-order valence-corrected chi connectivity index (χ4v) is 2.28. The van der Waals surface area contributed by atoms with Crippen LogP contribution in [-0.2, 0) is 0 Å². The molecule has 18 heavy (non-hydrogen) atoms. The Hall–Kier alpha value is -1.68. The zero-order valence-corrected chi connectivity index (χ0v) is 11.2. The monoisotopic (exact) mass is 305 g/mol. The number of rotatable bonds is 1. The Morgan fingerprint density at radius 2 is 2.06 bits per heavy atom. The van der Waals surface area contributed by atoms with Crippen LogP contribution in [0.1, 0.15) is 5.56 Å². The Labute approximate surface area is 112 Å². The third-order valence-electron chi connectivity index (χ3n) is 2.67. The molecule has 0 aliphatic rings. The van der Waals surface area contributed by atoms with E-state index in [-0.39, 0.29) is 5.58 Å². The van der Waals surface area contributed by atoms with Crippen LogP contribution in [0.2, 0.25) is 0 Å². The summed E-state index contributed by atoms with van der Waals surface area (Å²) in [5, 5.41) is 0. The molecular weight excluding hydrogens is 297 g/mol. The summed E-state index contributed by atoms with van der Waals surface area (Å²) in [6.07, 6.45) is 0. The Morgan fingerprint density at radius 1 is 1.22 bits per heavy atom. The van der Waals surface area contributed by atoms with Gasteiger partial charge in [0.25, 0.3) is 0 Å². The van der Waals surface area contributed by atoms with Crippen molar-refractivity contribution in [1.29, 1.82) is 0 Å². The van der Waals surface area contributed by atoms with Crippen molar-refractivity contribution in [1.82, 2.24) is 4.98 Å². The van der Waals surface area contributed by atoms with Crippen LogP contribution < -0.4 is 0 Å². The van der Waals surface area contributed by atoms with Crippen molar-refractivity contribution in [2.24, 2.45) is 0 Å². The van der Waals surface area contributed by atoms with E-state index < -0.39 is 5.82 Å². The number of benzene rings is 2. The predicted octanol–water partition coefficient (Wildman–Crippen LogP) is 4.70. The van der Waals surface area contributed by atoms with Crippen LogP contribution in [0.25, 0.3) is 22.6 Å². The van der Waals surface area contributed by atoms with Crippen LogP contribution >= 0.6 is 15.9 Å². The first-order valence-corrected chi connectivity index (χ1v) is 6.25. The van der Waals surface area contributed by atoms with Crippen LogP contribution in [-0.4, -0.2) is 4.98 Å². The lowest BCUT2D eigenvalue weighted by molar-refractivity contribution is 0.564. The molecule has 0 atom stereocenters. The zero-order valence-electron chi connectivity index (χ0n) is 9.58. The maximum absolute atomic E-state index is 13.7. The third kappa shape index (κ3) is 1.93. The second-order valence-electron chi connectivity index (χ2n) is 4.12. The minimum atomic E-state index is -0.411. The summed E-state index contributed by atoms with van der Waals surface area (Å²) < 4.78 is 19.8. The van der Waals surface area contributed by atoms with Crippen LogP contribution in [0.15, 0.2) is 45.3 Å². The van der Waals surface area contributed by atoms with Gasteiger partial charge in [0.05, 0.1) is 0 Å². The van der Waals surface area contributed by atoms with Crippen molar-refractivity contribution < 1.29 is 8.81 Å². The number of hydrogen-bond acceptors (Lipinski definition) is 2. The molecule has 0 unspecified atom stereocenters. The first kappa shape index (κ1) is 11.4. The van der Waals surface area contributed by atoms with Gasteiger partial charge in [0.1, 0.15) is 5.52 Å². The number of oxazole rings is 1. The van der Waals surface area contributed by atoms with Gasteiger partial charge in [-0.1, -0.05) is 33.6 Å². The van der Waals surface area contributed by atoms with E-state index in [1.165, 1.54) is 6.07 Å². The quantitative estimate of drug-likeness (QED) is 0.651. The highest BCUT2D eigenvalue weighted by atomic mass is 79.9. The van der Waals surface area contributed by atoms with Gasteiger partial charge < -0.3 is 4.42 Å². The number of hydrogen-bond donors (Lipinski definition) is 0. The third-order valence-corrected chi connectivity index (χ3v) is 3.13. The molecule has 4 heteroatoms. The normalized spacial score (nSPS) is 11.1. The van der Waals surface area contributed by atoms with Crippen molar-refractivity contribution in [2.45, 2.75) is 6.92 Å². The zero-order chi connectivity index (χ0) is 12.7. The van der Waals surface area contributed by atoms with Crippen molar-refractivity contribution in [2.75, 3.05) is 0 Å². The van der Waals surface area contributed by atoms with Gasteiger partial charge in [-0.2, -0.15) is 0 Å². The standard InChI is InChI=1S/C14H9BrFNO/c1-8-3-2-4-9(5-8)14-17-12-7-10(15)6-11(16)13(12)18-14/h2-7H,1H3. The number of aryl methyl sites for hydroxylation is 1. The molecule has 2 nitrogen and oxygen atoms in total. The molecule has 2 aromatic carbocycles. The molecule has 0 radical (unpaired) electrons. The number of aromatic nitrogens is 1. The fraction of sp³-hybridized carbons (Fsp3) is 0.0714. The SMILES string of the molecule is Cc1cccc(-c2nc3cc(Br)cc(F)c3o2)c1. The van der Waals surface area contributed by atoms with Crippen molar-refractivity contribution >= 4 is 27.0 Å². The lowest BCUT2D eigenvalue weighted by atomic mass is 10.1. The fourth-order valence-electron chi connectivity index (χ4n) is 1.86. The molecule has 3 rings (SSSR count). The molecule has 0 saturated carbocycles. The van der Waals surface area contributed by atoms with Gasteiger partial charge in [-0.3, -0.25) is 0 Å². The van der Waals surface area contributed by atoms with Gasteiger partial charge in [0.2, 0.25) is 5.89 Å². The summed E-state index contributed by atoms with van der Waals surface area (Å²) in [5.74, 6) is 0.0245. The van der Waals surface area contributed by atoms with E-state index in [4.69, 9.17) is 4.42 Å². The van der Waals surface area contributed by atoms with Gasteiger partial charge in [-0.05, 0) is 31.2 Å². The van der Waals surface area contributed by atoms with Crippen molar-refractivity contribution in [3.63, 3.8) is 0 Å². The molecule has 0 spiro atoms. The minimum Gasteiger partial charge on any atom is -0.433 e. The topological polar surface area (TPSA) is 26.0 Å². The number of nitrogens with zero attached hydrogens (tertiary/aromatic N) is 1. The van der Waals surface area contributed by atoms with Crippen molar-refractivity contribution in [3.05, 3.63) is 52.3 Å². The Balaban J connectivity index is 2.22. The largest absolute Gasteiger partial charge is 0.433 e. The summed E-state index contributed by atoms with van der Waals surface area (Å²) in [6, 6.07) is 10.9. The maximum Gasteiger partial charge on any atom is 0.227 e. The Morgan fingerprint density at radius 3 is 2.83 bits per heavy atom. The highest BCUT2D eigenvalue weighted by molar-refractivity contribution is 9.10. The predicted molar refractivity (Wildman–Crippen MR) is 71.8 cm³/mol. The molecule has 1 aromatic heterocycles.